The predicted octanol–water partition coefficient (Wildman–Crippen LogP) is 0.944. The van der Waals surface area contributed by atoms with Crippen LogP contribution in [-0.2, 0) is 23.9 Å². The fourth-order valence-electron chi connectivity index (χ4n) is 4.08. The fraction of sp³-hybridized carbons (Fsp3) is 0.450. The van der Waals surface area contributed by atoms with E-state index in [2.05, 4.69) is 4.74 Å². The number of fused-ring (bicyclic) bond motifs is 3. The van der Waals surface area contributed by atoms with Crippen molar-refractivity contribution in [1.82, 2.24) is 10.2 Å². The van der Waals surface area contributed by atoms with E-state index in [-0.39, 0.29) is 37.3 Å². The summed E-state index contributed by atoms with van der Waals surface area (Å²) in [5.74, 6) is -2.38. The summed E-state index contributed by atoms with van der Waals surface area (Å²) in [6.45, 7) is 0.923. The molecule has 158 valence electrons. The molecule has 10 heteroatoms. The highest BCUT2D eigenvalue weighted by molar-refractivity contribution is 6.15. The average Bonchev–Trinajstić information content (AvgIpc) is 3.49. The van der Waals surface area contributed by atoms with Crippen molar-refractivity contribution < 1.29 is 33.4 Å². The number of alkyl carbamates (subject to hydrolysis) is 1. The molecule has 1 aromatic carbocycles. The summed E-state index contributed by atoms with van der Waals surface area (Å²) in [4.78, 5) is 65.3. The van der Waals surface area contributed by atoms with Crippen molar-refractivity contribution in [3.63, 3.8) is 0 Å². The van der Waals surface area contributed by atoms with Crippen LogP contribution in [-0.4, -0.2) is 59.6 Å². The molecule has 10 nitrogen and oxygen atoms in total. The molecule has 1 N–H and O–H groups in total. The van der Waals surface area contributed by atoms with Gasteiger partial charge in [-0.3, -0.25) is 24.6 Å². The van der Waals surface area contributed by atoms with Crippen LogP contribution in [0.25, 0.3) is 0 Å². The van der Waals surface area contributed by atoms with Crippen LogP contribution in [0.15, 0.2) is 24.3 Å². The summed E-state index contributed by atoms with van der Waals surface area (Å²) < 4.78 is 9.81. The van der Waals surface area contributed by atoms with E-state index in [1.165, 1.54) is 9.80 Å². The number of hydrogen-bond acceptors (Lipinski definition) is 7. The van der Waals surface area contributed by atoms with Gasteiger partial charge in [0.25, 0.3) is 11.8 Å². The lowest BCUT2D eigenvalue weighted by Gasteiger charge is -2.48. The molecule has 1 atom stereocenters. The lowest BCUT2D eigenvalue weighted by molar-refractivity contribution is -0.160. The Hall–Kier alpha value is -3.43. The molecule has 1 saturated heterocycles. The van der Waals surface area contributed by atoms with E-state index in [0.717, 1.165) is 0 Å². The SMILES string of the molecule is CCOC(=O)NC(=O)COC(=O)[C@]12CCC(=O)N1c1ccccc1C(=O)N2C1CC1. The number of amides is 4. The molecule has 3 aliphatic rings. The Morgan fingerprint density at radius 3 is 2.60 bits per heavy atom. The number of carbonyl (C=O) groups excluding carboxylic acids is 5. The molecule has 4 rings (SSSR count). The summed E-state index contributed by atoms with van der Waals surface area (Å²) in [6.07, 6.45) is 0.619. The molecule has 1 saturated carbocycles. The monoisotopic (exact) mass is 415 g/mol. The third-order valence-electron chi connectivity index (χ3n) is 5.39. The number of hydrogen-bond donors (Lipinski definition) is 1. The van der Waals surface area contributed by atoms with E-state index >= 15 is 0 Å². The summed E-state index contributed by atoms with van der Waals surface area (Å²) in [5.41, 5.74) is -0.925. The van der Waals surface area contributed by atoms with Gasteiger partial charge in [-0.05, 0) is 31.9 Å². The molecule has 4 amide bonds. The van der Waals surface area contributed by atoms with Crippen LogP contribution in [0.5, 0.6) is 0 Å². The Balaban J connectivity index is 1.63. The fourth-order valence-corrected chi connectivity index (χ4v) is 4.08. The quantitative estimate of drug-likeness (QED) is 0.710. The number of nitrogens with zero attached hydrogens (tertiary/aromatic N) is 2. The van der Waals surface area contributed by atoms with Crippen LogP contribution in [0, 0.1) is 0 Å². The number of ether oxygens (including phenoxy) is 2. The largest absolute Gasteiger partial charge is 0.452 e. The first-order valence-corrected chi connectivity index (χ1v) is 9.79. The minimum atomic E-state index is -1.63. The number of rotatable bonds is 5. The van der Waals surface area contributed by atoms with Crippen LogP contribution in [0.3, 0.4) is 0 Å². The van der Waals surface area contributed by atoms with Crippen molar-refractivity contribution in [2.75, 3.05) is 18.1 Å². The molecule has 0 radical (unpaired) electrons. The molecule has 0 unspecified atom stereocenters. The molecule has 30 heavy (non-hydrogen) atoms. The van der Waals surface area contributed by atoms with E-state index in [1.54, 1.807) is 31.2 Å². The van der Waals surface area contributed by atoms with E-state index < -0.39 is 30.2 Å². The first-order chi connectivity index (χ1) is 14.4. The van der Waals surface area contributed by atoms with Gasteiger partial charge < -0.3 is 14.4 Å². The highest BCUT2D eigenvalue weighted by Gasteiger charge is 2.64. The maximum absolute atomic E-state index is 13.3. The second-order valence-electron chi connectivity index (χ2n) is 7.31. The Labute approximate surface area is 172 Å². The number of nitrogens with one attached hydrogen (secondary N) is 1. The molecular weight excluding hydrogens is 394 g/mol. The number of esters is 1. The standard InChI is InChI=1S/C20H21N3O7/c1-2-29-19(28)21-15(24)11-30-18(27)20-10-9-16(25)23(20)14-6-4-3-5-13(14)17(26)22(20)12-7-8-12/h3-6,12H,2,7-11H2,1H3,(H,21,24,28)/t20-/m0/s1. The molecule has 0 aromatic heterocycles. The molecule has 0 spiro atoms. The summed E-state index contributed by atoms with van der Waals surface area (Å²) >= 11 is 0. The van der Waals surface area contributed by atoms with Crippen LogP contribution in [0.2, 0.25) is 0 Å². The Bertz CT molecular complexity index is 942. The first-order valence-electron chi connectivity index (χ1n) is 9.79. The summed E-state index contributed by atoms with van der Waals surface area (Å²) in [5, 5.41) is 1.94. The van der Waals surface area contributed by atoms with Crippen molar-refractivity contribution >= 4 is 35.5 Å². The number of carbonyl (C=O) groups is 5. The highest BCUT2D eigenvalue weighted by atomic mass is 16.6. The maximum Gasteiger partial charge on any atom is 0.413 e. The van der Waals surface area contributed by atoms with E-state index in [4.69, 9.17) is 4.74 Å². The minimum Gasteiger partial charge on any atom is -0.452 e. The van der Waals surface area contributed by atoms with Gasteiger partial charge in [-0.1, -0.05) is 12.1 Å². The molecule has 2 aliphatic heterocycles. The van der Waals surface area contributed by atoms with Crippen molar-refractivity contribution in [2.45, 2.75) is 44.3 Å². The third kappa shape index (κ3) is 3.08. The summed E-state index contributed by atoms with van der Waals surface area (Å²) in [6, 6.07) is 6.46. The van der Waals surface area contributed by atoms with E-state index in [0.29, 0.717) is 24.1 Å². The Morgan fingerprint density at radius 1 is 1.17 bits per heavy atom. The second kappa shape index (κ2) is 7.43. The van der Waals surface area contributed by atoms with Gasteiger partial charge in [0.05, 0.1) is 17.9 Å². The molecule has 0 bridgehead atoms. The van der Waals surface area contributed by atoms with Crippen molar-refractivity contribution in [3.05, 3.63) is 29.8 Å². The number of benzene rings is 1. The normalized spacial score (nSPS) is 22.3. The number of imide groups is 1. The topological polar surface area (TPSA) is 122 Å². The van der Waals surface area contributed by atoms with Crippen LogP contribution >= 0.6 is 0 Å². The van der Waals surface area contributed by atoms with Gasteiger partial charge in [0.2, 0.25) is 11.6 Å². The molecule has 1 aliphatic carbocycles. The van der Waals surface area contributed by atoms with Gasteiger partial charge in [-0.2, -0.15) is 0 Å². The van der Waals surface area contributed by atoms with Gasteiger partial charge in [-0.25, -0.2) is 9.59 Å². The molecule has 1 aromatic rings. The van der Waals surface area contributed by atoms with Crippen molar-refractivity contribution in [1.29, 1.82) is 0 Å². The molecule has 2 fully saturated rings. The lowest BCUT2D eigenvalue weighted by Crippen LogP contribution is -2.69. The van der Waals surface area contributed by atoms with Gasteiger partial charge in [0, 0.05) is 18.9 Å². The number of anilines is 1. The van der Waals surface area contributed by atoms with Crippen molar-refractivity contribution in [3.8, 4) is 0 Å². The molecule has 2 heterocycles. The van der Waals surface area contributed by atoms with Gasteiger partial charge >= 0.3 is 12.1 Å². The average molecular weight is 415 g/mol. The smallest absolute Gasteiger partial charge is 0.413 e. The highest BCUT2D eigenvalue weighted by Crippen LogP contribution is 2.49. The molecular formula is C20H21N3O7. The Morgan fingerprint density at radius 2 is 1.90 bits per heavy atom. The van der Waals surface area contributed by atoms with Crippen LogP contribution in [0.1, 0.15) is 43.0 Å². The second-order valence-corrected chi connectivity index (χ2v) is 7.31. The van der Waals surface area contributed by atoms with E-state index in [1.807, 2.05) is 5.32 Å². The lowest BCUT2D eigenvalue weighted by atomic mass is 9.96. The minimum absolute atomic E-state index is 0.0644. The maximum atomic E-state index is 13.3. The van der Waals surface area contributed by atoms with Crippen LogP contribution in [0.4, 0.5) is 10.5 Å². The van der Waals surface area contributed by atoms with Gasteiger partial charge in [0.15, 0.2) is 6.61 Å². The first kappa shape index (κ1) is 19.9. The zero-order chi connectivity index (χ0) is 21.5. The Kier molecular flexibility index (Phi) is 4.92. The van der Waals surface area contributed by atoms with Crippen molar-refractivity contribution in [2.24, 2.45) is 0 Å². The van der Waals surface area contributed by atoms with Crippen LogP contribution < -0.4 is 10.2 Å². The summed E-state index contributed by atoms with van der Waals surface area (Å²) in [7, 11) is 0. The third-order valence-corrected chi connectivity index (χ3v) is 5.39. The zero-order valence-corrected chi connectivity index (χ0v) is 16.4. The zero-order valence-electron chi connectivity index (χ0n) is 16.4. The van der Waals surface area contributed by atoms with Gasteiger partial charge in [0.1, 0.15) is 0 Å². The van der Waals surface area contributed by atoms with Gasteiger partial charge in [-0.15, -0.1) is 0 Å². The predicted molar refractivity (Wildman–Crippen MR) is 101 cm³/mol. The number of para-hydroxylation sites is 1. The van der Waals surface area contributed by atoms with E-state index in [9.17, 15) is 24.0 Å².